The van der Waals surface area contributed by atoms with Gasteiger partial charge >= 0.3 is 0 Å². The first-order valence-corrected chi connectivity index (χ1v) is 15.8. The molecular formula is C34H50N2O4. The van der Waals surface area contributed by atoms with Crippen molar-refractivity contribution in [2.75, 3.05) is 0 Å². The fourth-order valence-corrected chi connectivity index (χ4v) is 8.07. The second-order valence-electron chi connectivity index (χ2n) is 13.5. The lowest BCUT2D eigenvalue weighted by Gasteiger charge is -2.44. The Morgan fingerprint density at radius 1 is 1.12 bits per heavy atom. The van der Waals surface area contributed by atoms with Crippen LogP contribution in [0.4, 0.5) is 0 Å². The molecule has 4 aliphatic carbocycles. The van der Waals surface area contributed by atoms with Crippen LogP contribution in [0.25, 0.3) is 0 Å². The Kier molecular flexibility index (Phi) is 8.89. The zero-order chi connectivity index (χ0) is 28.5. The number of rotatable bonds is 10. The predicted molar refractivity (Wildman–Crippen MR) is 157 cm³/mol. The Bertz CT molecular complexity index is 1140. The van der Waals surface area contributed by atoms with Crippen LogP contribution in [-0.4, -0.2) is 43.8 Å². The number of aromatic nitrogens is 2. The van der Waals surface area contributed by atoms with Crippen LogP contribution in [-0.2, 0) is 11.8 Å². The second kappa shape index (κ2) is 12.1. The molecule has 0 unspecified atom stereocenters. The van der Waals surface area contributed by atoms with Crippen molar-refractivity contribution >= 4 is 0 Å². The molecular weight excluding hydrogens is 500 g/mol. The van der Waals surface area contributed by atoms with Gasteiger partial charge in [-0.1, -0.05) is 75.2 Å². The van der Waals surface area contributed by atoms with E-state index >= 15 is 0 Å². The summed E-state index contributed by atoms with van der Waals surface area (Å²) < 4.78 is 5.63. The number of unbranched alkanes of at least 4 members (excludes halogenated alkanes) is 2. The van der Waals surface area contributed by atoms with E-state index < -0.39 is 23.7 Å². The third-order valence-corrected chi connectivity index (χ3v) is 10.8. The minimum atomic E-state index is -0.647. The maximum absolute atomic E-state index is 11.2. The number of aliphatic hydroxyl groups excluding tert-OH is 3. The van der Waals surface area contributed by atoms with Gasteiger partial charge in [-0.2, -0.15) is 4.98 Å². The number of allylic oxidation sites excluding steroid dienone is 4. The summed E-state index contributed by atoms with van der Waals surface area (Å²) in [4.78, 5) is 4.66. The molecule has 0 bridgehead atoms. The fraction of sp³-hybridized carbons (Fsp3) is 0.706. The number of hydrogen-bond acceptors (Lipinski definition) is 6. The highest BCUT2D eigenvalue weighted by Crippen LogP contribution is 2.60. The molecule has 1 aromatic heterocycles. The minimum Gasteiger partial charge on any atom is -0.393 e. The number of fused-ring (bicyclic) bond motifs is 1. The number of aliphatic hydroxyl groups is 3. The first-order valence-electron chi connectivity index (χ1n) is 15.8. The molecule has 4 aliphatic rings. The summed E-state index contributed by atoms with van der Waals surface area (Å²) in [6, 6.07) is 0. The standard InChI is InChI=1S/C34H50N2O4/c1-5-6-7-10-31-35-32(40-36-31)34(18-19-34)30(39)16-11-22(2)27-14-15-28-24(9-8-17-33(27,28)4)12-13-25-20-26(37)21-29(38)23(25)3/h11-13,16,22,26-30,37-39H,3,5-10,14-15,17-21H2,1-2,4H3/b16-11+,24-12+,25-13-/t22-,26-,27-,28+,29+,30+,33-/m1/s1. The highest BCUT2D eigenvalue weighted by atomic mass is 16.5. The Labute approximate surface area is 240 Å². The monoisotopic (exact) mass is 550 g/mol. The molecule has 0 aliphatic heterocycles. The van der Waals surface area contributed by atoms with Gasteiger partial charge in [0.15, 0.2) is 5.82 Å². The lowest BCUT2D eigenvalue weighted by Crippen LogP contribution is -2.35. The molecule has 0 radical (unpaired) electrons. The lowest BCUT2D eigenvalue weighted by atomic mass is 9.61. The molecule has 3 N–H and O–H groups in total. The van der Waals surface area contributed by atoms with Gasteiger partial charge < -0.3 is 19.8 Å². The molecule has 220 valence electrons. The van der Waals surface area contributed by atoms with Crippen molar-refractivity contribution in [3.63, 3.8) is 0 Å². The molecule has 0 amide bonds. The van der Waals surface area contributed by atoms with Crippen molar-refractivity contribution < 1.29 is 19.8 Å². The quantitative estimate of drug-likeness (QED) is 0.226. The van der Waals surface area contributed by atoms with E-state index in [9.17, 15) is 15.3 Å². The summed E-state index contributed by atoms with van der Waals surface area (Å²) in [5.41, 5.74) is 3.06. The highest BCUT2D eigenvalue weighted by Gasteiger charge is 2.55. The molecule has 0 saturated heterocycles. The molecule has 1 heterocycles. The summed E-state index contributed by atoms with van der Waals surface area (Å²) in [5, 5.41) is 35.8. The average Bonchev–Trinajstić information content (AvgIpc) is 3.46. The Balaban J connectivity index is 1.24. The van der Waals surface area contributed by atoms with Gasteiger partial charge in [0.25, 0.3) is 0 Å². The Morgan fingerprint density at radius 2 is 1.93 bits per heavy atom. The van der Waals surface area contributed by atoms with Gasteiger partial charge in [0.1, 0.15) is 0 Å². The molecule has 4 fully saturated rings. The summed E-state index contributed by atoms with van der Waals surface area (Å²) in [5.74, 6) is 2.85. The third-order valence-electron chi connectivity index (χ3n) is 10.8. The van der Waals surface area contributed by atoms with Crippen LogP contribution in [0.5, 0.6) is 0 Å². The fourth-order valence-electron chi connectivity index (χ4n) is 8.07. The van der Waals surface area contributed by atoms with Gasteiger partial charge in [-0.3, -0.25) is 0 Å². The van der Waals surface area contributed by atoms with Crippen molar-refractivity contribution in [3.8, 4) is 0 Å². The Morgan fingerprint density at radius 3 is 2.67 bits per heavy atom. The van der Waals surface area contributed by atoms with E-state index in [-0.39, 0.29) is 5.41 Å². The van der Waals surface area contributed by atoms with Crippen molar-refractivity contribution in [2.45, 2.75) is 128 Å². The first-order chi connectivity index (χ1) is 19.2. The van der Waals surface area contributed by atoms with Gasteiger partial charge in [-0.05, 0) is 92.1 Å². The zero-order valence-corrected chi connectivity index (χ0v) is 24.8. The van der Waals surface area contributed by atoms with Crippen LogP contribution in [0.3, 0.4) is 0 Å². The lowest BCUT2D eigenvalue weighted by molar-refractivity contribution is 0.0862. The first kappa shape index (κ1) is 29.5. The number of hydrogen-bond donors (Lipinski definition) is 3. The van der Waals surface area contributed by atoms with Gasteiger partial charge in [-0.15, -0.1) is 0 Å². The molecule has 0 spiro atoms. The minimum absolute atomic E-state index is 0.233. The Hall–Kier alpha value is -2.02. The van der Waals surface area contributed by atoms with E-state index in [4.69, 9.17) is 4.52 Å². The van der Waals surface area contributed by atoms with Gasteiger partial charge in [-0.25, -0.2) is 0 Å². The van der Waals surface area contributed by atoms with Crippen LogP contribution in [0.1, 0.15) is 110 Å². The molecule has 1 aromatic rings. The molecule has 6 nitrogen and oxygen atoms in total. The van der Waals surface area contributed by atoms with E-state index in [1.165, 1.54) is 37.7 Å². The van der Waals surface area contributed by atoms with Crippen LogP contribution < -0.4 is 0 Å². The SMILES string of the molecule is C=C1/C(=C\C=C2/CCC[C@]3(C)[C@@H]([C@H](C)/C=C/[C@H](O)C4(c5nc(CCCCC)no5)CC4)CC[C@@H]23)C[C@@H](O)C[C@@H]1O. The number of nitrogens with zero attached hydrogens (tertiary/aromatic N) is 2. The maximum Gasteiger partial charge on any atom is 0.235 e. The highest BCUT2D eigenvalue weighted by molar-refractivity contribution is 5.38. The molecule has 6 heteroatoms. The number of aryl methyl sites for hydroxylation is 1. The van der Waals surface area contributed by atoms with Crippen LogP contribution in [0.15, 0.2) is 52.1 Å². The molecule has 40 heavy (non-hydrogen) atoms. The van der Waals surface area contributed by atoms with Gasteiger partial charge in [0, 0.05) is 12.8 Å². The van der Waals surface area contributed by atoms with E-state index in [1.54, 1.807) is 0 Å². The second-order valence-corrected chi connectivity index (χ2v) is 13.5. The molecule has 4 saturated carbocycles. The average molecular weight is 551 g/mol. The molecule has 5 rings (SSSR count). The van der Waals surface area contributed by atoms with Crippen molar-refractivity contribution in [1.29, 1.82) is 0 Å². The third kappa shape index (κ3) is 5.82. The van der Waals surface area contributed by atoms with E-state index in [0.29, 0.717) is 36.5 Å². The predicted octanol–water partition coefficient (Wildman–Crippen LogP) is 6.53. The van der Waals surface area contributed by atoms with Crippen molar-refractivity contribution in [2.24, 2.45) is 23.2 Å². The smallest absolute Gasteiger partial charge is 0.235 e. The van der Waals surface area contributed by atoms with Gasteiger partial charge in [0.05, 0.1) is 23.7 Å². The summed E-state index contributed by atoms with van der Waals surface area (Å²) >= 11 is 0. The molecule has 0 aromatic carbocycles. The van der Waals surface area contributed by atoms with Crippen LogP contribution in [0, 0.1) is 23.2 Å². The topological polar surface area (TPSA) is 99.6 Å². The van der Waals surface area contributed by atoms with E-state index in [1.807, 2.05) is 6.08 Å². The zero-order valence-electron chi connectivity index (χ0n) is 24.8. The summed E-state index contributed by atoms with van der Waals surface area (Å²) in [7, 11) is 0. The largest absolute Gasteiger partial charge is 0.393 e. The van der Waals surface area contributed by atoms with E-state index in [0.717, 1.165) is 55.5 Å². The summed E-state index contributed by atoms with van der Waals surface area (Å²) in [6.45, 7) is 11.1. The maximum atomic E-state index is 11.2. The van der Waals surface area contributed by atoms with Crippen molar-refractivity contribution in [3.05, 3.63) is 59.3 Å². The van der Waals surface area contributed by atoms with Crippen molar-refractivity contribution in [1.82, 2.24) is 10.1 Å². The van der Waals surface area contributed by atoms with Crippen LogP contribution in [0.2, 0.25) is 0 Å². The van der Waals surface area contributed by atoms with Gasteiger partial charge in [0.2, 0.25) is 5.89 Å². The summed E-state index contributed by atoms with van der Waals surface area (Å²) in [6.07, 6.45) is 19.8. The molecule has 7 atom stereocenters. The van der Waals surface area contributed by atoms with E-state index in [2.05, 4.69) is 55.7 Å². The van der Waals surface area contributed by atoms with Crippen LogP contribution >= 0.6 is 0 Å². The normalized spacial score (nSPS) is 35.4.